The topological polar surface area (TPSA) is 55.6 Å². The monoisotopic (exact) mass is 356 g/mol. The summed E-state index contributed by atoms with van der Waals surface area (Å²) in [5.74, 6) is 1.15. The Kier molecular flexibility index (Phi) is 5.66. The molecule has 25 heavy (non-hydrogen) atoms. The highest BCUT2D eigenvalue weighted by molar-refractivity contribution is 7.98. The number of benzene rings is 2. The molecule has 1 amide bonds. The summed E-state index contributed by atoms with van der Waals surface area (Å²) in [6.45, 7) is 1.29. The van der Waals surface area contributed by atoms with Gasteiger partial charge >= 0.3 is 0 Å². The molecule has 0 spiro atoms. The van der Waals surface area contributed by atoms with E-state index >= 15 is 0 Å². The summed E-state index contributed by atoms with van der Waals surface area (Å²) < 4.78 is 5.20. The van der Waals surface area contributed by atoms with Crippen molar-refractivity contribution in [1.29, 1.82) is 0 Å². The van der Waals surface area contributed by atoms with E-state index in [0.717, 1.165) is 16.9 Å². The first-order valence-corrected chi connectivity index (χ1v) is 9.63. The number of ether oxygens (including phenoxy) is 1. The predicted molar refractivity (Wildman–Crippen MR) is 102 cm³/mol. The van der Waals surface area contributed by atoms with Crippen molar-refractivity contribution in [3.8, 4) is 5.75 Å². The van der Waals surface area contributed by atoms with Crippen LogP contribution in [0.25, 0.3) is 0 Å². The number of nitrogens with zero attached hydrogens (tertiary/aromatic N) is 1. The van der Waals surface area contributed by atoms with Crippen molar-refractivity contribution in [2.75, 3.05) is 26.5 Å². The van der Waals surface area contributed by atoms with E-state index in [1.807, 2.05) is 47.6 Å². The fourth-order valence-electron chi connectivity index (χ4n) is 3.27. The Labute approximate surface area is 153 Å². The van der Waals surface area contributed by atoms with Crippen LogP contribution in [0.2, 0.25) is 0 Å². The van der Waals surface area contributed by atoms with Crippen LogP contribution in [0.1, 0.15) is 17.0 Å². The van der Waals surface area contributed by atoms with Gasteiger partial charge in [-0.05, 0) is 41.6 Å². The minimum atomic E-state index is -0.0313. The lowest BCUT2D eigenvalue weighted by Gasteiger charge is -2.17. The van der Waals surface area contributed by atoms with Crippen molar-refractivity contribution in [1.82, 2.24) is 4.90 Å². The van der Waals surface area contributed by atoms with E-state index in [4.69, 9.17) is 10.5 Å². The molecular weight excluding hydrogens is 332 g/mol. The average molecular weight is 356 g/mol. The molecule has 0 unspecified atom stereocenters. The summed E-state index contributed by atoms with van der Waals surface area (Å²) in [5, 5.41) is 0. The van der Waals surface area contributed by atoms with Crippen LogP contribution in [0, 0.1) is 0 Å². The average Bonchev–Trinajstić information content (AvgIpc) is 3.04. The Bertz CT molecular complexity index is 715. The quantitative estimate of drug-likeness (QED) is 0.837. The number of carbonyl (C=O) groups excluding carboxylic acids is 1. The zero-order valence-electron chi connectivity index (χ0n) is 14.6. The van der Waals surface area contributed by atoms with Gasteiger partial charge in [-0.25, -0.2) is 0 Å². The Morgan fingerprint density at radius 3 is 2.44 bits per heavy atom. The van der Waals surface area contributed by atoms with Crippen molar-refractivity contribution >= 4 is 17.7 Å². The van der Waals surface area contributed by atoms with E-state index in [9.17, 15) is 4.79 Å². The standard InChI is InChI=1S/C20H24N2O2S/c1-24-16-7-5-15(6-8-16)18-12-22(13-19(18)21)20(23)11-14-3-9-17(25-2)10-4-14/h3-10,18-19H,11-13,21H2,1-2H3/t18-,19+/m1/s1. The minimum absolute atomic E-state index is 0.0313. The molecule has 0 saturated carbocycles. The zero-order chi connectivity index (χ0) is 17.8. The van der Waals surface area contributed by atoms with E-state index < -0.39 is 0 Å². The van der Waals surface area contributed by atoms with Gasteiger partial charge in [0.15, 0.2) is 0 Å². The molecule has 132 valence electrons. The lowest BCUT2D eigenvalue weighted by atomic mass is 9.95. The maximum atomic E-state index is 12.6. The molecule has 2 aromatic rings. The predicted octanol–water partition coefficient (Wildman–Crippen LogP) is 2.91. The molecule has 1 fully saturated rings. The Morgan fingerprint density at radius 2 is 1.84 bits per heavy atom. The summed E-state index contributed by atoms with van der Waals surface area (Å²) in [7, 11) is 1.66. The van der Waals surface area contributed by atoms with E-state index in [-0.39, 0.29) is 17.9 Å². The molecule has 3 rings (SSSR count). The Morgan fingerprint density at radius 1 is 1.16 bits per heavy atom. The van der Waals surface area contributed by atoms with Gasteiger partial charge in [0.05, 0.1) is 13.5 Å². The second-order valence-corrected chi connectivity index (χ2v) is 7.25. The van der Waals surface area contributed by atoms with Gasteiger partial charge in [0.2, 0.25) is 5.91 Å². The van der Waals surface area contributed by atoms with Crippen molar-refractivity contribution in [2.24, 2.45) is 5.73 Å². The Balaban J connectivity index is 1.64. The van der Waals surface area contributed by atoms with Crippen LogP contribution in [0.4, 0.5) is 0 Å². The van der Waals surface area contributed by atoms with Gasteiger partial charge in [-0.1, -0.05) is 24.3 Å². The summed E-state index contributed by atoms with van der Waals surface area (Å²) >= 11 is 1.70. The normalized spacial score (nSPS) is 19.9. The first-order chi connectivity index (χ1) is 12.1. The third kappa shape index (κ3) is 4.17. The van der Waals surface area contributed by atoms with Crippen molar-refractivity contribution in [3.05, 3.63) is 59.7 Å². The zero-order valence-corrected chi connectivity index (χ0v) is 15.5. The third-order valence-corrected chi connectivity index (χ3v) is 5.52. The molecule has 2 N–H and O–H groups in total. The van der Waals surface area contributed by atoms with Gasteiger partial charge in [-0.15, -0.1) is 11.8 Å². The molecule has 1 aliphatic rings. The molecule has 2 atom stereocenters. The molecule has 1 heterocycles. The van der Waals surface area contributed by atoms with E-state index in [1.165, 1.54) is 4.90 Å². The van der Waals surface area contributed by atoms with E-state index in [2.05, 4.69) is 12.1 Å². The summed E-state index contributed by atoms with van der Waals surface area (Å²) in [4.78, 5) is 15.7. The van der Waals surface area contributed by atoms with Gasteiger partial charge in [0.1, 0.15) is 5.75 Å². The highest BCUT2D eigenvalue weighted by Gasteiger charge is 2.33. The Hall–Kier alpha value is -1.98. The van der Waals surface area contributed by atoms with Crippen LogP contribution in [0.15, 0.2) is 53.4 Å². The smallest absolute Gasteiger partial charge is 0.227 e. The minimum Gasteiger partial charge on any atom is -0.497 e. The number of amides is 1. The molecule has 0 aliphatic carbocycles. The second kappa shape index (κ2) is 7.93. The number of methoxy groups -OCH3 is 1. The highest BCUT2D eigenvalue weighted by Crippen LogP contribution is 2.28. The SMILES string of the molecule is COc1ccc([C@H]2CN(C(=O)Cc3ccc(SC)cc3)C[C@@H]2N)cc1. The highest BCUT2D eigenvalue weighted by atomic mass is 32.2. The van der Waals surface area contributed by atoms with Gasteiger partial charge < -0.3 is 15.4 Å². The van der Waals surface area contributed by atoms with E-state index in [1.54, 1.807) is 18.9 Å². The summed E-state index contributed by atoms with van der Waals surface area (Å²) in [6.07, 6.45) is 2.47. The second-order valence-electron chi connectivity index (χ2n) is 6.37. The van der Waals surface area contributed by atoms with Crippen molar-refractivity contribution < 1.29 is 9.53 Å². The number of hydrogen-bond acceptors (Lipinski definition) is 4. The first kappa shape index (κ1) is 17.8. The lowest BCUT2D eigenvalue weighted by molar-refractivity contribution is -0.129. The molecule has 0 radical (unpaired) electrons. The third-order valence-electron chi connectivity index (χ3n) is 4.78. The molecule has 1 saturated heterocycles. The first-order valence-electron chi connectivity index (χ1n) is 8.41. The van der Waals surface area contributed by atoms with Crippen molar-refractivity contribution in [2.45, 2.75) is 23.3 Å². The fourth-order valence-corrected chi connectivity index (χ4v) is 3.67. The molecule has 2 aromatic carbocycles. The number of likely N-dealkylation sites (tertiary alicyclic amines) is 1. The number of rotatable bonds is 5. The fraction of sp³-hybridized carbons (Fsp3) is 0.350. The van der Waals surface area contributed by atoms with Crippen molar-refractivity contribution in [3.63, 3.8) is 0 Å². The maximum absolute atomic E-state index is 12.6. The lowest BCUT2D eigenvalue weighted by Crippen LogP contribution is -2.33. The van der Waals surface area contributed by atoms with Crippen LogP contribution >= 0.6 is 11.8 Å². The molecular formula is C20H24N2O2S. The number of nitrogens with two attached hydrogens (primary N) is 1. The molecule has 4 nitrogen and oxygen atoms in total. The molecule has 0 bridgehead atoms. The number of carbonyl (C=O) groups is 1. The maximum Gasteiger partial charge on any atom is 0.227 e. The van der Waals surface area contributed by atoms with Gasteiger partial charge in [0, 0.05) is 29.9 Å². The molecule has 1 aliphatic heterocycles. The largest absolute Gasteiger partial charge is 0.497 e. The van der Waals surface area contributed by atoms with Crippen LogP contribution in [-0.4, -0.2) is 43.3 Å². The van der Waals surface area contributed by atoms with Crippen LogP contribution < -0.4 is 10.5 Å². The number of hydrogen-bond donors (Lipinski definition) is 1. The summed E-state index contributed by atoms with van der Waals surface area (Å²) in [5.41, 5.74) is 8.52. The van der Waals surface area contributed by atoms with Crippen LogP contribution in [-0.2, 0) is 11.2 Å². The van der Waals surface area contributed by atoms with Crippen LogP contribution in [0.3, 0.4) is 0 Å². The van der Waals surface area contributed by atoms with Crippen LogP contribution in [0.5, 0.6) is 5.75 Å². The molecule has 0 aromatic heterocycles. The van der Waals surface area contributed by atoms with Gasteiger partial charge in [-0.3, -0.25) is 4.79 Å². The summed E-state index contributed by atoms with van der Waals surface area (Å²) in [6, 6.07) is 16.1. The van der Waals surface area contributed by atoms with E-state index in [0.29, 0.717) is 19.5 Å². The van der Waals surface area contributed by atoms with Gasteiger partial charge in [-0.2, -0.15) is 0 Å². The van der Waals surface area contributed by atoms with Gasteiger partial charge in [0.25, 0.3) is 0 Å². The molecule has 5 heteroatoms. The number of thioether (sulfide) groups is 1.